The fraction of sp³-hybridized carbons (Fsp3) is 1.00. The lowest BCUT2D eigenvalue weighted by atomic mass is 10.2. The van der Waals surface area contributed by atoms with Crippen molar-refractivity contribution in [1.82, 2.24) is 10.2 Å². The molecule has 1 atom stereocenters. The summed E-state index contributed by atoms with van der Waals surface area (Å²) in [5.41, 5.74) is 0. The van der Waals surface area contributed by atoms with Crippen LogP contribution in [0.2, 0.25) is 0 Å². The fourth-order valence-electron chi connectivity index (χ4n) is 1.19. The first kappa shape index (κ1) is 7.98. The Balaban J connectivity index is 2.25. The van der Waals surface area contributed by atoms with E-state index in [0.29, 0.717) is 6.04 Å². The number of ether oxygens (including phenoxy) is 1. The molecule has 3 heteroatoms. The van der Waals surface area contributed by atoms with E-state index in [9.17, 15) is 0 Å². The third-order valence-electron chi connectivity index (χ3n) is 1.96. The molecule has 0 aromatic rings. The molecule has 1 aliphatic rings. The Morgan fingerprint density at radius 2 is 2.50 bits per heavy atom. The van der Waals surface area contributed by atoms with Crippen molar-refractivity contribution in [3.8, 4) is 0 Å². The quantitative estimate of drug-likeness (QED) is 0.567. The molecule has 0 spiro atoms. The highest BCUT2D eigenvalue weighted by molar-refractivity contribution is 4.73. The number of morpholine rings is 1. The normalized spacial score (nSPS) is 28.8. The molecule has 0 saturated carbocycles. The lowest BCUT2D eigenvalue weighted by Gasteiger charge is -2.32. The lowest BCUT2D eigenvalue weighted by Crippen LogP contribution is -2.47. The number of nitrogens with zero attached hydrogens (tertiary/aromatic N) is 1. The van der Waals surface area contributed by atoms with Crippen molar-refractivity contribution in [3.05, 3.63) is 0 Å². The molecule has 1 rings (SSSR count). The zero-order chi connectivity index (χ0) is 7.40. The summed E-state index contributed by atoms with van der Waals surface area (Å²) >= 11 is 0. The third-order valence-corrected chi connectivity index (χ3v) is 1.96. The molecule has 0 bridgehead atoms. The largest absolute Gasteiger partial charge is 0.378 e. The van der Waals surface area contributed by atoms with Crippen molar-refractivity contribution in [2.75, 3.05) is 40.4 Å². The number of hydrogen-bond acceptors (Lipinski definition) is 3. The van der Waals surface area contributed by atoms with Crippen LogP contribution in [0, 0.1) is 0 Å². The zero-order valence-corrected chi connectivity index (χ0v) is 6.76. The Labute approximate surface area is 62.3 Å². The summed E-state index contributed by atoms with van der Waals surface area (Å²) in [5.74, 6) is 0. The number of hydrogen-bond donors (Lipinski definition) is 1. The number of likely N-dealkylation sites (N-methyl/N-ethyl adjacent to an activating group) is 2. The molecule has 0 unspecified atom stereocenters. The predicted octanol–water partition coefficient (Wildman–Crippen LogP) is -0.464. The van der Waals surface area contributed by atoms with E-state index >= 15 is 0 Å². The van der Waals surface area contributed by atoms with Gasteiger partial charge in [-0.2, -0.15) is 0 Å². The van der Waals surface area contributed by atoms with Crippen LogP contribution in [0.5, 0.6) is 0 Å². The number of rotatable bonds is 2. The highest BCUT2D eigenvalue weighted by Gasteiger charge is 2.17. The molecular weight excluding hydrogens is 128 g/mol. The van der Waals surface area contributed by atoms with Gasteiger partial charge in [-0.25, -0.2) is 0 Å². The van der Waals surface area contributed by atoms with Gasteiger partial charge in [-0.1, -0.05) is 0 Å². The van der Waals surface area contributed by atoms with Crippen LogP contribution in [0.3, 0.4) is 0 Å². The highest BCUT2D eigenvalue weighted by atomic mass is 16.5. The Kier molecular flexibility index (Phi) is 3.12. The van der Waals surface area contributed by atoms with Crippen LogP contribution in [-0.4, -0.2) is 51.3 Å². The van der Waals surface area contributed by atoms with Crippen molar-refractivity contribution < 1.29 is 4.74 Å². The van der Waals surface area contributed by atoms with E-state index in [1.165, 1.54) is 0 Å². The molecule has 1 heterocycles. The van der Waals surface area contributed by atoms with Gasteiger partial charge in [-0.3, -0.25) is 4.90 Å². The minimum Gasteiger partial charge on any atom is -0.378 e. The van der Waals surface area contributed by atoms with Crippen molar-refractivity contribution in [2.24, 2.45) is 0 Å². The predicted molar refractivity (Wildman–Crippen MR) is 41.2 cm³/mol. The van der Waals surface area contributed by atoms with E-state index < -0.39 is 0 Å². The van der Waals surface area contributed by atoms with Gasteiger partial charge in [0.25, 0.3) is 0 Å². The first-order chi connectivity index (χ1) is 4.84. The van der Waals surface area contributed by atoms with Gasteiger partial charge in [-0.15, -0.1) is 0 Å². The SMILES string of the molecule is CNC[C@H]1COCCN1C. The molecule has 3 nitrogen and oxygen atoms in total. The van der Waals surface area contributed by atoms with Crippen molar-refractivity contribution in [2.45, 2.75) is 6.04 Å². The molecule has 0 radical (unpaired) electrons. The van der Waals surface area contributed by atoms with Gasteiger partial charge >= 0.3 is 0 Å². The fourth-order valence-corrected chi connectivity index (χ4v) is 1.19. The van der Waals surface area contributed by atoms with Gasteiger partial charge in [0.15, 0.2) is 0 Å². The lowest BCUT2D eigenvalue weighted by molar-refractivity contribution is 0.00708. The Hall–Kier alpha value is -0.120. The maximum atomic E-state index is 5.32. The summed E-state index contributed by atoms with van der Waals surface area (Å²) in [6.07, 6.45) is 0. The molecule has 1 aliphatic heterocycles. The molecule has 10 heavy (non-hydrogen) atoms. The maximum Gasteiger partial charge on any atom is 0.0634 e. The van der Waals surface area contributed by atoms with E-state index in [4.69, 9.17) is 4.74 Å². The molecular formula is C7H16N2O. The van der Waals surface area contributed by atoms with Crippen LogP contribution >= 0.6 is 0 Å². The summed E-state index contributed by atoms with van der Waals surface area (Å²) in [6, 6.07) is 0.568. The minimum absolute atomic E-state index is 0.568. The topological polar surface area (TPSA) is 24.5 Å². The van der Waals surface area contributed by atoms with E-state index in [-0.39, 0.29) is 0 Å². The summed E-state index contributed by atoms with van der Waals surface area (Å²) in [5, 5.41) is 3.15. The second-order valence-electron chi connectivity index (χ2n) is 2.77. The smallest absolute Gasteiger partial charge is 0.0634 e. The second-order valence-corrected chi connectivity index (χ2v) is 2.77. The van der Waals surface area contributed by atoms with Gasteiger partial charge in [-0.05, 0) is 14.1 Å². The van der Waals surface area contributed by atoms with Crippen LogP contribution in [0.15, 0.2) is 0 Å². The van der Waals surface area contributed by atoms with E-state index in [0.717, 1.165) is 26.3 Å². The Morgan fingerprint density at radius 1 is 1.70 bits per heavy atom. The van der Waals surface area contributed by atoms with E-state index in [1.807, 2.05) is 7.05 Å². The molecule has 60 valence electrons. The van der Waals surface area contributed by atoms with Gasteiger partial charge in [0.2, 0.25) is 0 Å². The van der Waals surface area contributed by atoms with Gasteiger partial charge in [0, 0.05) is 19.1 Å². The molecule has 0 aliphatic carbocycles. The first-order valence-corrected chi connectivity index (χ1v) is 3.77. The standard InChI is InChI=1S/C7H16N2O/c1-8-5-7-6-10-4-3-9(7)2/h7-8H,3-6H2,1-2H3/t7-/m0/s1. The molecule has 0 aromatic heterocycles. The van der Waals surface area contributed by atoms with Crippen molar-refractivity contribution in [3.63, 3.8) is 0 Å². The second kappa shape index (κ2) is 3.91. The summed E-state index contributed by atoms with van der Waals surface area (Å²) in [7, 11) is 4.12. The average molecular weight is 144 g/mol. The maximum absolute atomic E-state index is 5.32. The molecule has 0 amide bonds. The van der Waals surface area contributed by atoms with E-state index in [2.05, 4.69) is 17.3 Å². The third kappa shape index (κ3) is 1.94. The molecule has 1 saturated heterocycles. The summed E-state index contributed by atoms with van der Waals surface area (Å²) in [6.45, 7) is 3.84. The van der Waals surface area contributed by atoms with Crippen LogP contribution in [0.4, 0.5) is 0 Å². The first-order valence-electron chi connectivity index (χ1n) is 3.77. The van der Waals surface area contributed by atoms with Crippen LogP contribution in [0.25, 0.3) is 0 Å². The van der Waals surface area contributed by atoms with Crippen LogP contribution in [0.1, 0.15) is 0 Å². The zero-order valence-electron chi connectivity index (χ0n) is 6.76. The summed E-state index contributed by atoms with van der Waals surface area (Å²) in [4.78, 5) is 2.33. The van der Waals surface area contributed by atoms with Crippen LogP contribution in [-0.2, 0) is 4.74 Å². The Bertz CT molecular complexity index is 95.6. The van der Waals surface area contributed by atoms with Gasteiger partial charge in [0.1, 0.15) is 0 Å². The Morgan fingerprint density at radius 3 is 3.10 bits per heavy atom. The monoisotopic (exact) mass is 144 g/mol. The van der Waals surface area contributed by atoms with Gasteiger partial charge in [0.05, 0.1) is 13.2 Å². The highest BCUT2D eigenvalue weighted by Crippen LogP contribution is 2.01. The summed E-state index contributed by atoms with van der Waals surface area (Å²) < 4.78 is 5.32. The van der Waals surface area contributed by atoms with Gasteiger partial charge < -0.3 is 10.1 Å². The van der Waals surface area contributed by atoms with Crippen molar-refractivity contribution >= 4 is 0 Å². The van der Waals surface area contributed by atoms with Crippen LogP contribution < -0.4 is 5.32 Å². The van der Waals surface area contributed by atoms with Crippen molar-refractivity contribution in [1.29, 1.82) is 0 Å². The number of nitrogens with one attached hydrogen (secondary N) is 1. The molecule has 1 N–H and O–H groups in total. The van der Waals surface area contributed by atoms with E-state index in [1.54, 1.807) is 0 Å². The minimum atomic E-state index is 0.568. The molecule has 0 aromatic carbocycles. The average Bonchev–Trinajstić information content (AvgIpc) is 1.94. The molecule has 1 fully saturated rings.